The minimum Gasteiger partial charge on any atom is -0.507 e. The summed E-state index contributed by atoms with van der Waals surface area (Å²) >= 11 is 3.30. The minimum atomic E-state index is -0.476. The number of halogens is 1. The lowest BCUT2D eigenvalue weighted by Crippen LogP contribution is -2.17. The van der Waals surface area contributed by atoms with E-state index in [1.54, 1.807) is 18.3 Å². The van der Waals surface area contributed by atoms with E-state index in [4.69, 9.17) is 0 Å². The van der Waals surface area contributed by atoms with Crippen LogP contribution in [0.15, 0.2) is 82.4 Å². The van der Waals surface area contributed by atoms with Crippen molar-refractivity contribution < 1.29 is 9.90 Å². The zero-order valence-corrected chi connectivity index (χ0v) is 17.9. The van der Waals surface area contributed by atoms with Gasteiger partial charge in [0.05, 0.1) is 11.8 Å². The van der Waals surface area contributed by atoms with Crippen LogP contribution in [0.25, 0.3) is 10.9 Å². The zero-order chi connectivity index (χ0) is 21.1. The third-order valence-electron chi connectivity index (χ3n) is 5.03. The maximum absolute atomic E-state index is 12.4. The number of nitrogens with one attached hydrogen (secondary N) is 1. The Morgan fingerprint density at radius 2 is 1.83 bits per heavy atom. The first-order valence-electron chi connectivity index (χ1n) is 9.48. The van der Waals surface area contributed by atoms with Crippen LogP contribution in [-0.2, 0) is 6.54 Å². The van der Waals surface area contributed by atoms with Gasteiger partial charge in [-0.25, -0.2) is 5.43 Å². The molecule has 150 valence electrons. The topological polar surface area (TPSA) is 66.6 Å². The second-order valence-electron chi connectivity index (χ2n) is 6.95. The highest BCUT2D eigenvalue weighted by atomic mass is 79.9. The van der Waals surface area contributed by atoms with E-state index in [0.717, 1.165) is 28.7 Å². The highest BCUT2D eigenvalue weighted by molar-refractivity contribution is 9.10. The van der Waals surface area contributed by atoms with Gasteiger partial charge in [0.25, 0.3) is 5.91 Å². The summed E-state index contributed by atoms with van der Waals surface area (Å²) < 4.78 is 2.95. The first-order valence-corrected chi connectivity index (χ1v) is 10.3. The number of aromatic hydroxyl groups is 1. The molecule has 0 fully saturated rings. The number of fused-ring (bicyclic) bond motifs is 1. The fourth-order valence-corrected chi connectivity index (χ4v) is 3.86. The van der Waals surface area contributed by atoms with Crippen molar-refractivity contribution >= 4 is 39.0 Å². The first-order chi connectivity index (χ1) is 14.5. The number of hydrazone groups is 1. The normalized spacial score (nSPS) is 11.3. The smallest absolute Gasteiger partial charge is 0.275 e. The van der Waals surface area contributed by atoms with Gasteiger partial charge in [-0.1, -0.05) is 64.5 Å². The number of aromatic nitrogens is 1. The Morgan fingerprint density at radius 3 is 2.63 bits per heavy atom. The van der Waals surface area contributed by atoms with E-state index < -0.39 is 5.91 Å². The molecule has 2 N–H and O–H groups in total. The Hall–Kier alpha value is -3.38. The maximum Gasteiger partial charge on any atom is 0.275 e. The number of phenolic OH excluding ortho intramolecular Hbond substituents is 1. The molecule has 0 saturated heterocycles. The molecule has 0 aliphatic carbocycles. The molecule has 1 heterocycles. The molecule has 1 aromatic heterocycles. The van der Waals surface area contributed by atoms with Crippen molar-refractivity contribution in [3.8, 4) is 5.75 Å². The second kappa shape index (κ2) is 8.55. The molecule has 0 atom stereocenters. The average Bonchev–Trinajstić information content (AvgIpc) is 3.02. The SMILES string of the molecule is Cc1c(/C=N/NC(=O)c2cc(Br)ccc2O)c2ccccc2n1Cc1ccccc1. The van der Waals surface area contributed by atoms with Crippen molar-refractivity contribution in [1.82, 2.24) is 9.99 Å². The summed E-state index contributed by atoms with van der Waals surface area (Å²) in [5, 5.41) is 15.1. The van der Waals surface area contributed by atoms with Crippen LogP contribution in [0.3, 0.4) is 0 Å². The Kier molecular flexibility index (Phi) is 5.68. The maximum atomic E-state index is 12.4. The second-order valence-corrected chi connectivity index (χ2v) is 7.86. The number of nitrogens with zero attached hydrogens (tertiary/aromatic N) is 2. The number of hydrogen-bond donors (Lipinski definition) is 2. The third kappa shape index (κ3) is 4.00. The summed E-state index contributed by atoms with van der Waals surface area (Å²) in [5.41, 5.74) is 6.99. The van der Waals surface area contributed by atoms with Crippen LogP contribution in [-0.4, -0.2) is 21.8 Å². The number of benzene rings is 3. The van der Waals surface area contributed by atoms with Crippen molar-refractivity contribution in [3.63, 3.8) is 0 Å². The van der Waals surface area contributed by atoms with Crippen molar-refractivity contribution in [2.75, 3.05) is 0 Å². The molecule has 4 rings (SSSR count). The largest absolute Gasteiger partial charge is 0.507 e. The number of carbonyl (C=O) groups excluding carboxylic acids is 1. The lowest BCUT2D eigenvalue weighted by atomic mass is 10.1. The van der Waals surface area contributed by atoms with Gasteiger partial charge in [-0.05, 0) is 36.8 Å². The van der Waals surface area contributed by atoms with Crippen LogP contribution in [0.2, 0.25) is 0 Å². The molecule has 3 aromatic carbocycles. The molecule has 6 heteroatoms. The molecule has 1 amide bonds. The molecular weight excluding hydrogens is 442 g/mol. The van der Waals surface area contributed by atoms with Crippen LogP contribution >= 0.6 is 15.9 Å². The molecule has 0 radical (unpaired) electrons. The Morgan fingerprint density at radius 1 is 1.10 bits per heavy atom. The van der Waals surface area contributed by atoms with E-state index in [-0.39, 0.29) is 11.3 Å². The summed E-state index contributed by atoms with van der Waals surface area (Å²) in [7, 11) is 0. The van der Waals surface area contributed by atoms with Gasteiger partial charge in [0.15, 0.2) is 0 Å². The highest BCUT2D eigenvalue weighted by Gasteiger charge is 2.14. The fourth-order valence-electron chi connectivity index (χ4n) is 3.50. The monoisotopic (exact) mass is 461 g/mol. The van der Waals surface area contributed by atoms with Crippen molar-refractivity contribution in [2.45, 2.75) is 13.5 Å². The number of amides is 1. The zero-order valence-electron chi connectivity index (χ0n) is 16.3. The van der Waals surface area contributed by atoms with Crippen LogP contribution in [0.4, 0.5) is 0 Å². The summed E-state index contributed by atoms with van der Waals surface area (Å²) in [6, 6.07) is 23.1. The molecule has 0 bridgehead atoms. The predicted octanol–water partition coefficient (Wildman–Crippen LogP) is 5.23. The van der Waals surface area contributed by atoms with Gasteiger partial charge in [0.1, 0.15) is 5.75 Å². The molecule has 4 aromatic rings. The van der Waals surface area contributed by atoms with Gasteiger partial charge in [0.2, 0.25) is 0 Å². The van der Waals surface area contributed by atoms with Crippen molar-refractivity contribution in [3.05, 3.63) is 99.7 Å². The van der Waals surface area contributed by atoms with Gasteiger partial charge < -0.3 is 9.67 Å². The van der Waals surface area contributed by atoms with Crippen LogP contribution in [0.5, 0.6) is 5.75 Å². The van der Waals surface area contributed by atoms with Gasteiger partial charge in [-0.2, -0.15) is 5.10 Å². The molecule has 0 spiro atoms. The Bertz CT molecular complexity index is 1250. The van der Waals surface area contributed by atoms with Gasteiger partial charge in [0, 0.05) is 33.2 Å². The van der Waals surface area contributed by atoms with E-state index in [0.29, 0.717) is 4.47 Å². The summed E-state index contributed by atoms with van der Waals surface area (Å²) in [4.78, 5) is 12.4. The van der Waals surface area contributed by atoms with Gasteiger partial charge in [-0.15, -0.1) is 0 Å². The van der Waals surface area contributed by atoms with E-state index in [9.17, 15) is 9.90 Å². The molecule has 0 saturated carbocycles. The number of carbonyl (C=O) groups is 1. The molecule has 0 aliphatic heterocycles. The number of rotatable bonds is 5. The van der Waals surface area contributed by atoms with E-state index in [1.807, 2.05) is 43.3 Å². The van der Waals surface area contributed by atoms with E-state index in [2.05, 4.69) is 49.2 Å². The standard InChI is InChI=1S/C24H20BrN3O2/c1-16-21(14-26-27-24(30)20-13-18(25)11-12-23(20)29)19-9-5-6-10-22(19)28(16)15-17-7-3-2-4-8-17/h2-14,29H,15H2,1H3,(H,27,30)/b26-14+. The summed E-state index contributed by atoms with van der Waals surface area (Å²) in [5.74, 6) is -0.572. The first kappa shape index (κ1) is 19.9. The Labute approximate surface area is 182 Å². The quantitative estimate of drug-likeness (QED) is 0.315. The summed E-state index contributed by atoms with van der Waals surface area (Å²) in [6.07, 6.45) is 1.66. The van der Waals surface area contributed by atoms with E-state index >= 15 is 0 Å². The number of phenols is 1. The van der Waals surface area contributed by atoms with Gasteiger partial charge in [-0.3, -0.25) is 4.79 Å². The molecule has 30 heavy (non-hydrogen) atoms. The van der Waals surface area contributed by atoms with Crippen LogP contribution in [0.1, 0.15) is 27.2 Å². The van der Waals surface area contributed by atoms with Crippen molar-refractivity contribution in [2.24, 2.45) is 5.10 Å². The van der Waals surface area contributed by atoms with Crippen LogP contribution < -0.4 is 5.43 Å². The fraction of sp³-hybridized carbons (Fsp3) is 0.0833. The van der Waals surface area contributed by atoms with Gasteiger partial charge >= 0.3 is 0 Å². The molecular formula is C24H20BrN3O2. The van der Waals surface area contributed by atoms with Crippen LogP contribution in [0, 0.1) is 6.92 Å². The average molecular weight is 462 g/mol. The lowest BCUT2D eigenvalue weighted by molar-refractivity contribution is 0.0952. The number of para-hydroxylation sites is 1. The Balaban J connectivity index is 1.63. The minimum absolute atomic E-state index is 0.0958. The molecule has 5 nitrogen and oxygen atoms in total. The molecule has 0 aliphatic rings. The predicted molar refractivity (Wildman–Crippen MR) is 123 cm³/mol. The summed E-state index contributed by atoms with van der Waals surface area (Å²) in [6.45, 7) is 2.80. The van der Waals surface area contributed by atoms with Crippen molar-refractivity contribution in [1.29, 1.82) is 0 Å². The number of hydrogen-bond acceptors (Lipinski definition) is 3. The third-order valence-corrected chi connectivity index (χ3v) is 5.52. The molecule has 0 unspecified atom stereocenters. The lowest BCUT2D eigenvalue weighted by Gasteiger charge is -2.08. The highest BCUT2D eigenvalue weighted by Crippen LogP contribution is 2.26. The van der Waals surface area contributed by atoms with E-state index in [1.165, 1.54) is 11.6 Å².